The van der Waals surface area contributed by atoms with Crippen LogP contribution in [0.3, 0.4) is 0 Å². The van der Waals surface area contributed by atoms with Crippen molar-refractivity contribution in [2.24, 2.45) is 0 Å². The number of nitrogens with zero attached hydrogens (tertiary/aromatic N) is 1. The first-order valence-corrected chi connectivity index (χ1v) is 10.6. The molecule has 0 aromatic heterocycles. The summed E-state index contributed by atoms with van der Waals surface area (Å²) in [6, 6.07) is 15.4. The van der Waals surface area contributed by atoms with Crippen LogP contribution in [0.2, 0.25) is 0 Å². The van der Waals surface area contributed by atoms with Gasteiger partial charge in [0, 0.05) is 16.5 Å². The first-order valence-electron chi connectivity index (χ1n) is 8.00. The number of benzene rings is 2. The second-order valence-electron chi connectivity index (χ2n) is 6.97. The Bertz CT molecular complexity index is 724. The molecule has 2 aromatic carbocycles. The molecule has 0 radical (unpaired) electrons. The normalized spacial score (nSPS) is 23.0. The molecule has 3 heteroatoms. The minimum Gasteiger partial charge on any atom is -0.271 e. The van der Waals surface area contributed by atoms with Gasteiger partial charge in [-0.25, -0.2) is 0 Å². The van der Waals surface area contributed by atoms with Gasteiger partial charge < -0.3 is 0 Å². The zero-order chi connectivity index (χ0) is 16.8. The molecule has 0 spiro atoms. The Hall–Kier alpha value is -0.140. The molecule has 0 N–H and O–H groups in total. The van der Waals surface area contributed by atoms with Gasteiger partial charge in [-0.1, -0.05) is 87.6 Å². The molecule has 0 amide bonds. The lowest BCUT2D eigenvalue weighted by Crippen LogP contribution is -2.45. The van der Waals surface area contributed by atoms with E-state index in [0.717, 1.165) is 11.0 Å². The standard InChI is InChI=1S/C20H23I2N/c1-14-10-11-15(2)18-17(14)19(3,4)23(20(18,22)13-21)12-16-8-6-5-7-9-16/h5-11H,12-13H2,1-4H3. The maximum atomic E-state index is 2.70. The quantitative estimate of drug-likeness (QED) is 0.264. The lowest BCUT2D eigenvalue weighted by atomic mass is 9.87. The molecule has 1 aliphatic heterocycles. The third-order valence-electron chi connectivity index (χ3n) is 5.08. The van der Waals surface area contributed by atoms with Gasteiger partial charge in [0.15, 0.2) is 0 Å². The average molecular weight is 531 g/mol. The van der Waals surface area contributed by atoms with E-state index in [2.05, 4.69) is 120 Å². The van der Waals surface area contributed by atoms with Gasteiger partial charge in [0.05, 0.1) is 0 Å². The number of hydrogen-bond donors (Lipinski definition) is 0. The van der Waals surface area contributed by atoms with Crippen molar-refractivity contribution in [2.75, 3.05) is 4.43 Å². The zero-order valence-electron chi connectivity index (χ0n) is 14.2. The summed E-state index contributed by atoms with van der Waals surface area (Å²) in [5.41, 5.74) is 7.31. The molecule has 0 saturated heterocycles. The Morgan fingerprint density at radius 2 is 1.48 bits per heavy atom. The number of fused-ring (bicyclic) bond motifs is 1. The largest absolute Gasteiger partial charge is 0.271 e. The molecule has 122 valence electrons. The second kappa shape index (κ2) is 6.30. The van der Waals surface area contributed by atoms with Crippen LogP contribution < -0.4 is 0 Å². The summed E-state index contributed by atoms with van der Waals surface area (Å²) in [4.78, 5) is 2.69. The molecule has 0 aliphatic carbocycles. The van der Waals surface area contributed by atoms with Gasteiger partial charge in [0.25, 0.3) is 0 Å². The molecule has 2 aromatic rings. The summed E-state index contributed by atoms with van der Waals surface area (Å²) in [6.07, 6.45) is 0. The summed E-state index contributed by atoms with van der Waals surface area (Å²) >= 11 is 5.25. The molecular weight excluding hydrogens is 508 g/mol. The molecule has 0 saturated carbocycles. The summed E-state index contributed by atoms with van der Waals surface area (Å²) in [5.74, 6) is 0. The summed E-state index contributed by atoms with van der Waals surface area (Å²) in [5, 5.41) is 0. The first-order chi connectivity index (χ1) is 10.8. The van der Waals surface area contributed by atoms with Crippen LogP contribution in [0, 0.1) is 13.8 Å². The highest BCUT2D eigenvalue weighted by Crippen LogP contribution is 2.56. The highest BCUT2D eigenvalue weighted by molar-refractivity contribution is 14.1. The van der Waals surface area contributed by atoms with Gasteiger partial charge in [-0.15, -0.1) is 0 Å². The summed E-state index contributed by atoms with van der Waals surface area (Å²) < 4.78 is 1.13. The average Bonchev–Trinajstić information content (AvgIpc) is 2.71. The first kappa shape index (κ1) is 17.7. The fraction of sp³-hybridized carbons (Fsp3) is 0.400. The van der Waals surface area contributed by atoms with E-state index in [1.165, 1.54) is 27.8 Å². The van der Waals surface area contributed by atoms with E-state index < -0.39 is 0 Å². The highest BCUT2D eigenvalue weighted by atomic mass is 127. The lowest BCUT2D eigenvalue weighted by molar-refractivity contribution is 0.0866. The van der Waals surface area contributed by atoms with Crippen molar-refractivity contribution in [1.29, 1.82) is 0 Å². The molecule has 1 atom stereocenters. The summed E-state index contributed by atoms with van der Waals surface area (Å²) in [7, 11) is 0. The van der Waals surface area contributed by atoms with Crippen molar-refractivity contribution in [3.8, 4) is 0 Å². The molecule has 1 heterocycles. The van der Waals surface area contributed by atoms with Crippen LogP contribution >= 0.6 is 45.2 Å². The van der Waals surface area contributed by atoms with Crippen LogP contribution in [-0.2, 0) is 15.6 Å². The van der Waals surface area contributed by atoms with Crippen LogP contribution in [-0.4, -0.2) is 9.33 Å². The number of hydrogen-bond acceptors (Lipinski definition) is 1. The van der Waals surface area contributed by atoms with E-state index in [-0.39, 0.29) is 9.08 Å². The number of rotatable bonds is 3. The van der Waals surface area contributed by atoms with Gasteiger partial charge in [0.1, 0.15) is 3.55 Å². The van der Waals surface area contributed by atoms with Crippen molar-refractivity contribution in [2.45, 2.75) is 43.3 Å². The van der Waals surface area contributed by atoms with Gasteiger partial charge in [0.2, 0.25) is 0 Å². The van der Waals surface area contributed by atoms with Gasteiger partial charge >= 0.3 is 0 Å². The van der Waals surface area contributed by atoms with E-state index in [0.29, 0.717) is 0 Å². The molecule has 23 heavy (non-hydrogen) atoms. The van der Waals surface area contributed by atoms with Crippen molar-refractivity contribution >= 4 is 45.2 Å². The Labute approximate surface area is 167 Å². The van der Waals surface area contributed by atoms with Crippen LogP contribution in [0.15, 0.2) is 42.5 Å². The van der Waals surface area contributed by atoms with Gasteiger partial charge in [-0.05, 0) is 55.5 Å². The molecule has 0 bridgehead atoms. The molecule has 1 nitrogen and oxygen atoms in total. The zero-order valence-corrected chi connectivity index (χ0v) is 18.5. The van der Waals surface area contributed by atoms with E-state index >= 15 is 0 Å². The monoisotopic (exact) mass is 531 g/mol. The van der Waals surface area contributed by atoms with E-state index in [1.807, 2.05) is 0 Å². The van der Waals surface area contributed by atoms with Gasteiger partial charge in [-0.2, -0.15) is 0 Å². The minimum absolute atomic E-state index is 0.0354. The molecule has 1 unspecified atom stereocenters. The summed E-state index contributed by atoms with van der Waals surface area (Å²) in [6.45, 7) is 10.3. The van der Waals surface area contributed by atoms with Crippen molar-refractivity contribution in [3.05, 3.63) is 70.3 Å². The minimum atomic E-state index is 0.0354. The predicted octanol–water partition coefficient (Wildman–Crippen LogP) is 6.08. The maximum absolute atomic E-state index is 2.70. The Balaban J connectivity index is 2.18. The maximum Gasteiger partial charge on any atom is 0.109 e. The highest BCUT2D eigenvalue weighted by Gasteiger charge is 2.53. The van der Waals surface area contributed by atoms with Crippen LogP contribution in [0.25, 0.3) is 0 Å². The Morgan fingerprint density at radius 1 is 0.913 bits per heavy atom. The topological polar surface area (TPSA) is 3.24 Å². The van der Waals surface area contributed by atoms with E-state index in [9.17, 15) is 0 Å². The van der Waals surface area contributed by atoms with Crippen LogP contribution in [0.5, 0.6) is 0 Å². The van der Waals surface area contributed by atoms with Crippen LogP contribution in [0.4, 0.5) is 0 Å². The molecular formula is C20H23I2N. The lowest BCUT2D eigenvalue weighted by Gasteiger charge is -2.41. The smallest absolute Gasteiger partial charge is 0.109 e. The van der Waals surface area contributed by atoms with Crippen LogP contribution in [0.1, 0.15) is 41.7 Å². The SMILES string of the molecule is Cc1ccc(C)c2c1C(C)(C)N(Cc1ccccc1)C2(I)CI. The fourth-order valence-electron chi connectivity index (χ4n) is 4.03. The van der Waals surface area contributed by atoms with Crippen molar-refractivity contribution < 1.29 is 0 Å². The van der Waals surface area contributed by atoms with E-state index in [1.54, 1.807) is 0 Å². The third-order valence-corrected chi connectivity index (χ3v) is 9.15. The van der Waals surface area contributed by atoms with E-state index in [4.69, 9.17) is 0 Å². The number of alkyl halides is 2. The van der Waals surface area contributed by atoms with Crippen molar-refractivity contribution in [1.82, 2.24) is 4.90 Å². The molecule has 0 fully saturated rings. The fourth-order valence-corrected chi connectivity index (χ4v) is 6.30. The Morgan fingerprint density at radius 3 is 2.04 bits per heavy atom. The van der Waals surface area contributed by atoms with Crippen molar-refractivity contribution in [3.63, 3.8) is 0 Å². The number of halogens is 2. The molecule has 1 aliphatic rings. The number of aryl methyl sites for hydroxylation is 2. The van der Waals surface area contributed by atoms with Gasteiger partial charge in [-0.3, -0.25) is 4.90 Å². The second-order valence-corrected chi connectivity index (χ2v) is 9.52. The predicted molar refractivity (Wildman–Crippen MR) is 116 cm³/mol. The third kappa shape index (κ3) is 2.76. The Kier molecular flexibility index (Phi) is 4.84. The molecule has 3 rings (SSSR count).